The first kappa shape index (κ1) is 13.6. The van der Waals surface area contributed by atoms with E-state index in [1.807, 2.05) is 4.90 Å². The van der Waals surface area contributed by atoms with Crippen molar-refractivity contribution in [3.8, 4) is 0 Å². The summed E-state index contributed by atoms with van der Waals surface area (Å²) >= 11 is 1.77. The van der Waals surface area contributed by atoms with Gasteiger partial charge in [0.05, 0.1) is 6.04 Å². The van der Waals surface area contributed by atoms with Crippen molar-refractivity contribution in [1.29, 1.82) is 0 Å². The summed E-state index contributed by atoms with van der Waals surface area (Å²) in [5.74, 6) is 0.285. The Hall–Kier alpha value is -0.870. The van der Waals surface area contributed by atoms with Crippen molar-refractivity contribution >= 4 is 17.2 Å². The molecule has 2 atom stereocenters. The molecule has 18 heavy (non-hydrogen) atoms. The van der Waals surface area contributed by atoms with Gasteiger partial charge in [-0.25, -0.2) is 0 Å². The Bertz CT molecular complexity index is 377. The molecule has 0 saturated carbocycles. The molecule has 1 aliphatic heterocycles. The Morgan fingerprint density at radius 3 is 3.11 bits per heavy atom. The molecule has 1 N–H and O–H groups in total. The topological polar surface area (TPSA) is 32.3 Å². The predicted octanol–water partition coefficient (Wildman–Crippen LogP) is 2.28. The van der Waals surface area contributed by atoms with E-state index in [4.69, 9.17) is 0 Å². The maximum Gasteiger partial charge on any atom is 0.240 e. The Labute approximate surface area is 113 Å². The van der Waals surface area contributed by atoms with Gasteiger partial charge in [-0.05, 0) is 37.8 Å². The van der Waals surface area contributed by atoms with Crippen LogP contribution in [-0.2, 0) is 11.2 Å². The first-order chi connectivity index (χ1) is 8.72. The van der Waals surface area contributed by atoms with Crippen LogP contribution in [-0.4, -0.2) is 36.0 Å². The van der Waals surface area contributed by atoms with Crippen LogP contribution in [0, 0.1) is 0 Å². The van der Waals surface area contributed by atoms with Crippen LogP contribution < -0.4 is 5.32 Å². The summed E-state index contributed by atoms with van der Waals surface area (Å²) in [5.41, 5.74) is 0. The SMILES string of the molecule is CCCNC1CCN(C(C)Cc2cccs2)C1=O. The number of nitrogens with one attached hydrogen (secondary N) is 1. The number of carbonyl (C=O) groups is 1. The summed E-state index contributed by atoms with van der Waals surface area (Å²) in [4.78, 5) is 15.6. The van der Waals surface area contributed by atoms with Gasteiger partial charge in [0.1, 0.15) is 0 Å². The summed E-state index contributed by atoms with van der Waals surface area (Å²) in [6, 6.07) is 4.58. The fourth-order valence-corrected chi connectivity index (χ4v) is 3.30. The summed E-state index contributed by atoms with van der Waals surface area (Å²) in [7, 11) is 0. The number of amides is 1. The third kappa shape index (κ3) is 3.12. The lowest BCUT2D eigenvalue weighted by atomic mass is 10.2. The number of rotatable bonds is 6. The largest absolute Gasteiger partial charge is 0.338 e. The molecule has 0 radical (unpaired) electrons. The number of hydrogen-bond donors (Lipinski definition) is 1. The zero-order valence-corrected chi connectivity index (χ0v) is 12.0. The van der Waals surface area contributed by atoms with Gasteiger partial charge in [0.2, 0.25) is 5.91 Å². The van der Waals surface area contributed by atoms with Crippen LogP contribution in [0.5, 0.6) is 0 Å². The lowest BCUT2D eigenvalue weighted by Crippen LogP contribution is -2.42. The average molecular weight is 266 g/mol. The third-order valence-electron chi connectivity index (χ3n) is 3.49. The van der Waals surface area contributed by atoms with Crippen molar-refractivity contribution in [2.24, 2.45) is 0 Å². The maximum atomic E-state index is 12.2. The smallest absolute Gasteiger partial charge is 0.240 e. The molecule has 0 aliphatic carbocycles. The van der Waals surface area contributed by atoms with E-state index in [1.54, 1.807) is 11.3 Å². The second-order valence-electron chi connectivity index (χ2n) is 4.96. The average Bonchev–Trinajstić information content (AvgIpc) is 2.97. The highest BCUT2D eigenvalue weighted by molar-refractivity contribution is 7.09. The second kappa shape index (κ2) is 6.34. The summed E-state index contributed by atoms with van der Waals surface area (Å²) in [5, 5.41) is 5.43. The molecule has 1 aromatic rings. The molecule has 1 saturated heterocycles. The van der Waals surface area contributed by atoms with Crippen molar-refractivity contribution in [2.75, 3.05) is 13.1 Å². The Kier molecular flexibility index (Phi) is 4.78. The van der Waals surface area contributed by atoms with Gasteiger partial charge in [0.25, 0.3) is 0 Å². The number of thiophene rings is 1. The highest BCUT2D eigenvalue weighted by Crippen LogP contribution is 2.19. The van der Waals surface area contributed by atoms with E-state index in [2.05, 4.69) is 36.7 Å². The van der Waals surface area contributed by atoms with Gasteiger partial charge in [-0.1, -0.05) is 13.0 Å². The van der Waals surface area contributed by atoms with Gasteiger partial charge in [-0.2, -0.15) is 0 Å². The molecule has 3 nitrogen and oxygen atoms in total. The Morgan fingerprint density at radius 1 is 1.61 bits per heavy atom. The molecule has 0 spiro atoms. The number of likely N-dealkylation sites (tertiary alicyclic amines) is 1. The molecular weight excluding hydrogens is 244 g/mol. The highest BCUT2D eigenvalue weighted by atomic mass is 32.1. The zero-order valence-electron chi connectivity index (χ0n) is 11.2. The van der Waals surface area contributed by atoms with Crippen LogP contribution in [0.2, 0.25) is 0 Å². The van der Waals surface area contributed by atoms with E-state index in [1.165, 1.54) is 4.88 Å². The van der Waals surface area contributed by atoms with Crippen LogP contribution in [0.1, 0.15) is 31.6 Å². The summed E-state index contributed by atoms with van der Waals surface area (Å²) < 4.78 is 0. The van der Waals surface area contributed by atoms with Crippen molar-refractivity contribution in [2.45, 2.75) is 45.2 Å². The Morgan fingerprint density at radius 2 is 2.44 bits per heavy atom. The van der Waals surface area contributed by atoms with E-state index in [0.29, 0.717) is 6.04 Å². The molecule has 2 unspecified atom stereocenters. The zero-order chi connectivity index (χ0) is 13.0. The van der Waals surface area contributed by atoms with Crippen molar-refractivity contribution in [3.63, 3.8) is 0 Å². The predicted molar refractivity (Wildman–Crippen MR) is 75.9 cm³/mol. The molecule has 2 heterocycles. The molecule has 100 valence electrons. The molecular formula is C14H22N2OS. The monoisotopic (exact) mass is 266 g/mol. The molecule has 4 heteroatoms. The van der Waals surface area contributed by atoms with Gasteiger partial charge in [0, 0.05) is 23.9 Å². The Balaban J connectivity index is 1.88. The number of hydrogen-bond acceptors (Lipinski definition) is 3. The fourth-order valence-electron chi connectivity index (χ4n) is 2.48. The number of carbonyl (C=O) groups excluding carboxylic acids is 1. The van der Waals surface area contributed by atoms with Crippen LogP contribution in [0.3, 0.4) is 0 Å². The molecule has 1 amide bonds. The normalized spacial score (nSPS) is 21.6. The van der Waals surface area contributed by atoms with Crippen LogP contribution in [0.25, 0.3) is 0 Å². The molecule has 0 aromatic carbocycles. The molecule has 1 aliphatic rings. The lowest BCUT2D eigenvalue weighted by molar-refractivity contribution is -0.131. The van der Waals surface area contributed by atoms with E-state index >= 15 is 0 Å². The minimum atomic E-state index is 0.0516. The van der Waals surface area contributed by atoms with E-state index < -0.39 is 0 Å². The molecule has 1 fully saturated rings. The first-order valence-corrected chi connectivity index (χ1v) is 7.66. The lowest BCUT2D eigenvalue weighted by Gasteiger charge is -2.24. The molecule has 2 rings (SSSR count). The maximum absolute atomic E-state index is 12.2. The summed E-state index contributed by atoms with van der Waals surface area (Å²) in [6.45, 7) is 6.11. The third-order valence-corrected chi connectivity index (χ3v) is 4.39. The fraction of sp³-hybridized carbons (Fsp3) is 0.643. The van der Waals surface area contributed by atoms with Crippen molar-refractivity contribution < 1.29 is 4.79 Å². The van der Waals surface area contributed by atoms with Gasteiger partial charge >= 0.3 is 0 Å². The molecule has 1 aromatic heterocycles. The van der Waals surface area contributed by atoms with Gasteiger partial charge in [0.15, 0.2) is 0 Å². The van der Waals surface area contributed by atoms with Gasteiger partial charge in [-0.15, -0.1) is 11.3 Å². The van der Waals surface area contributed by atoms with Crippen LogP contribution in [0.15, 0.2) is 17.5 Å². The standard InChI is InChI=1S/C14H22N2OS/c1-3-7-15-13-6-8-16(14(13)17)11(2)10-12-5-4-9-18-12/h4-5,9,11,13,15H,3,6-8,10H2,1-2H3. The van der Waals surface area contributed by atoms with E-state index in [0.717, 1.165) is 32.4 Å². The van der Waals surface area contributed by atoms with Gasteiger partial charge < -0.3 is 10.2 Å². The second-order valence-corrected chi connectivity index (χ2v) is 5.99. The quantitative estimate of drug-likeness (QED) is 0.857. The van der Waals surface area contributed by atoms with Gasteiger partial charge in [-0.3, -0.25) is 4.79 Å². The van der Waals surface area contributed by atoms with E-state index in [-0.39, 0.29) is 11.9 Å². The van der Waals surface area contributed by atoms with Crippen molar-refractivity contribution in [1.82, 2.24) is 10.2 Å². The van der Waals surface area contributed by atoms with Crippen molar-refractivity contribution in [3.05, 3.63) is 22.4 Å². The molecule has 0 bridgehead atoms. The minimum Gasteiger partial charge on any atom is -0.338 e. The number of nitrogens with zero attached hydrogens (tertiary/aromatic N) is 1. The first-order valence-electron chi connectivity index (χ1n) is 6.78. The van der Waals surface area contributed by atoms with E-state index in [9.17, 15) is 4.79 Å². The van der Waals surface area contributed by atoms with Crippen LogP contribution >= 0.6 is 11.3 Å². The summed E-state index contributed by atoms with van der Waals surface area (Å²) in [6.07, 6.45) is 3.01. The van der Waals surface area contributed by atoms with Crippen LogP contribution in [0.4, 0.5) is 0 Å². The minimum absolute atomic E-state index is 0.0516. The highest BCUT2D eigenvalue weighted by Gasteiger charge is 2.33.